The molecule has 7 heteroatoms. The number of unbranched alkanes of at least 4 members (excludes halogenated alkanes) is 1. The van der Waals surface area contributed by atoms with Gasteiger partial charge in [-0.1, -0.05) is 19.8 Å². The molecule has 0 aliphatic rings. The topological polar surface area (TPSA) is 98.3 Å². The van der Waals surface area contributed by atoms with Gasteiger partial charge < -0.3 is 11.1 Å². The number of thioether (sulfide) groups is 1. The maximum atomic E-state index is 12.2. The summed E-state index contributed by atoms with van der Waals surface area (Å²) >= 11 is 1.37. The second-order valence-electron chi connectivity index (χ2n) is 5.09. The van der Waals surface area contributed by atoms with Crippen LogP contribution < -0.4 is 11.1 Å². The fourth-order valence-electron chi connectivity index (χ4n) is 1.92. The molecule has 0 aliphatic heterocycles. The Kier molecular flexibility index (Phi) is 7.90. The minimum atomic E-state index is -0.440. The number of rotatable bonds is 9. The molecule has 0 spiro atoms. The number of benzene rings is 1. The van der Waals surface area contributed by atoms with E-state index in [1.54, 1.807) is 12.1 Å². The lowest BCUT2D eigenvalue weighted by Gasteiger charge is -2.19. The van der Waals surface area contributed by atoms with Crippen LogP contribution >= 0.6 is 11.8 Å². The minimum absolute atomic E-state index is 0.00682. The van der Waals surface area contributed by atoms with Crippen molar-refractivity contribution in [3.63, 3.8) is 0 Å². The minimum Gasteiger partial charge on any atom is -0.351 e. The first-order valence-electron chi connectivity index (χ1n) is 7.39. The molecule has 0 radical (unpaired) electrons. The molecule has 2 atom stereocenters. The fourth-order valence-corrected chi connectivity index (χ4v) is 2.80. The summed E-state index contributed by atoms with van der Waals surface area (Å²) in [4.78, 5) is 23.2. The second-order valence-corrected chi connectivity index (χ2v) is 6.51. The number of hydrogen-bond acceptors (Lipinski definition) is 5. The van der Waals surface area contributed by atoms with Crippen molar-refractivity contribution in [3.8, 4) is 0 Å². The smallest absolute Gasteiger partial charge is 0.269 e. The Morgan fingerprint density at radius 1 is 1.41 bits per heavy atom. The summed E-state index contributed by atoms with van der Waals surface area (Å²) < 4.78 is 0. The Bertz CT molecular complexity index is 493. The number of nitrogens with two attached hydrogens (primary N) is 1. The van der Waals surface area contributed by atoms with Crippen molar-refractivity contribution < 1.29 is 9.72 Å². The maximum absolute atomic E-state index is 12.2. The summed E-state index contributed by atoms with van der Waals surface area (Å²) in [6.07, 6.45) is 2.99. The van der Waals surface area contributed by atoms with Crippen LogP contribution in [-0.2, 0) is 4.79 Å². The number of carbonyl (C=O) groups excluding carboxylic acids is 1. The van der Waals surface area contributed by atoms with Crippen LogP contribution in [0.5, 0.6) is 0 Å². The van der Waals surface area contributed by atoms with Gasteiger partial charge in [-0.3, -0.25) is 14.9 Å². The Morgan fingerprint density at radius 3 is 2.55 bits per heavy atom. The summed E-state index contributed by atoms with van der Waals surface area (Å²) in [5.41, 5.74) is 5.72. The lowest BCUT2D eigenvalue weighted by atomic mass is 10.1. The average Bonchev–Trinajstić information content (AvgIpc) is 2.51. The number of hydrogen-bond donors (Lipinski definition) is 2. The predicted octanol–water partition coefficient (Wildman–Crippen LogP) is 2.71. The SMILES string of the molecule is CCCCC(CN)NC(=O)C(C)Sc1ccc([N+](=O)[O-])cc1. The number of nitrogens with zero attached hydrogens (tertiary/aromatic N) is 1. The molecule has 1 rings (SSSR count). The molecule has 0 aliphatic carbocycles. The van der Waals surface area contributed by atoms with Gasteiger partial charge in [-0.25, -0.2) is 0 Å². The van der Waals surface area contributed by atoms with Gasteiger partial charge in [0.25, 0.3) is 5.69 Å². The van der Waals surface area contributed by atoms with E-state index in [0.29, 0.717) is 6.54 Å². The van der Waals surface area contributed by atoms with Gasteiger partial charge in [0.05, 0.1) is 10.2 Å². The first-order valence-corrected chi connectivity index (χ1v) is 8.27. The number of amides is 1. The number of non-ortho nitro benzene ring substituents is 1. The van der Waals surface area contributed by atoms with Crippen molar-refractivity contribution in [2.24, 2.45) is 5.73 Å². The molecular formula is C15H23N3O3S. The van der Waals surface area contributed by atoms with Crippen molar-refractivity contribution >= 4 is 23.4 Å². The molecule has 122 valence electrons. The summed E-state index contributed by atoms with van der Waals surface area (Å²) in [7, 11) is 0. The highest BCUT2D eigenvalue weighted by Crippen LogP contribution is 2.25. The van der Waals surface area contributed by atoms with Gasteiger partial charge in [0.15, 0.2) is 0 Å². The number of nitro groups is 1. The van der Waals surface area contributed by atoms with Gasteiger partial charge in [0.2, 0.25) is 5.91 Å². The van der Waals surface area contributed by atoms with Crippen LogP contribution in [0, 0.1) is 10.1 Å². The third-order valence-electron chi connectivity index (χ3n) is 3.27. The van der Waals surface area contributed by atoms with E-state index in [1.165, 1.54) is 23.9 Å². The number of nitro benzene ring substituents is 1. The molecule has 1 aromatic rings. The first-order chi connectivity index (χ1) is 10.5. The van der Waals surface area contributed by atoms with Crippen LogP contribution in [-0.4, -0.2) is 28.7 Å². The molecule has 0 aromatic heterocycles. The highest BCUT2D eigenvalue weighted by molar-refractivity contribution is 8.00. The quantitative estimate of drug-likeness (QED) is 0.413. The lowest BCUT2D eigenvalue weighted by Crippen LogP contribution is -2.43. The summed E-state index contributed by atoms with van der Waals surface area (Å²) in [6, 6.07) is 6.20. The van der Waals surface area contributed by atoms with E-state index in [2.05, 4.69) is 12.2 Å². The maximum Gasteiger partial charge on any atom is 0.269 e. The van der Waals surface area contributed by atoms with Crippen molar-refractivity contribution in [3.05, 3.63) is 34.4 Å². The summed E-state index contributed by atoms with van der Waals surface area (Å²) in [5, 5.41) is 13.3. The largest absolute Gasteiger partial charge is 0.351 e. The zero-order valence-electron chi connectivity index (χ0n) is 13.0. The summed E-state index contributed by atoms with van der Waals surface area (Å²) in [6.45, 7) is 4.35. The third-order valence-corrected chi connectivity index (χ3v) is 4.38. The monoisotopic (exact) mass is 325 g/mol. The van der Waals surface area contributed by atoms with E-state index in [0.717, 1.165) is 24.2 Å². The Labute approximate surface area is 135 Å². The van der Waals surface area contributed by atoms with Gasteiger partial charge in [-0.05, 0) is 25.5 Å². The predicted molar refractivity (Wildman–Crippen MR) is 88.9 cm³/mol. The zero-order valence-corrected chi connectivity index (χ0v) is 13.8. The molecule has 2 unspecified atom stereocenters. The molecule has 6 nitrogen and oxygen atoms in total. The van der Waals surface area contributed by atoms with Gasteiger partial charge in [-0.15, -0.1) is 11.8 Å². The standard InChI is InChI=1S/C15H23N3O3S/c1-3-4-5-12(10-16)17-15(19)11(2)22-14-8-6-13(7-9-14)18(20)21/h6-9,11-12H,3-5,10,16H2,1-2H3,(H,17,19). The van der Waals surface area contributed by atoms with Crippen molar-refractivity contribution in [1.29, 1.82) is 0 Å². The van der Waals surface area contributed by atoms with E-state index in [1.807, 2.05) is 6.92 Å². The van der Waals surface area contributed by atoms with Crippen LogP contribution in [0.4, 0.5) is 5.69 Å². The molecule has 22 heavy (non-hydrogen) atoms. The summed E-state index contributed by atoms with van der Waals surface area (Å²) in [5.74, 6) is -0.0603. The van der Waals surface area contributed by atoms with E-state index in [9.17, 15) is 14.9 Å². The molecule has 0 fully saturated rings. The lowest BCUT2D eigenvalue weighted by molar-refractivity contribution is -0.384. The Morgan fingerprint density at radius 2 is 2.05 bits per heavy atom. The van der Waals surface area contributed by atoms with Crippen LogP contribution in [0.15, 0.2) is 29.2 Å². The molecular weight excluding hydrogens is 302 g/mol. The third kappa shape index (κ3) is 6.03. The van der Waals surface area contributed by atoms with Gasteiger partial charge in [0, 0.05) is 29.6 Å². The van der Waals surface area contributed by atoms with E-state index in [4.69, 9.17) is 5.73 Å². The zero-order chi connectivity index (χ0) is 16.5. The normalized spacial score (nSPS) is 13.4. The Hall–Kier alpha value is -1.60. The van der Waals surface area contributed by atoms with Gasteiger partial charge in [0.1, 0.15) is 0 Å². The van der Waals surface area contributed by atoms with Crippen LogP contribution in [0.3, 0.4) is 0 Å². The fraction of sp³-hybridized carbons (Fsp3) is 0.533. The van der Waals surface area contributed by atoms with E-state index >= 15 is 0 Å². The van der Waals surface area contributed by atoms with Crippen LogP contribution in [0.1, 0.15) is 33.1 Å². The van der Waals surface area contributed by atoms with Crippen molar-refractivity contribution in [1.82, 2.24) is 5.32 Å². The molecule has 0 saturated heterocycles. The second kappa shape index (κ2) is 9.42. The van der Waals surface area contributed by atoms with E-state index in [-0.39, 0.29) is 22.9 Å². The van der Waals surface area contributed by atoms with E-state index < -0.39 is 4.92 Å². The molecule has 3 N–H and O–H groups in total. The number of nitrogens with one attached hydrogen (secondary N) is 1. The van der Waals surface area contributed by atoms with Crippen molar-refractivity contribution in [2.45, 2.75) is 49.3 Å². The van der Waals surface area contributed by atoms with Gasteiger partial charge in [-0.2, -0.15) is 0 Å². The highest BCUT2D eigenvalue weighted by atomic mass is 32.2. The van der Waals surface area contributed by atoms with Crippen LogP contribution in [0.2, 0.25) is 0 Å². The first kappa shape index (κ1) is 18.4. The number of carbonyl (C=O) groups is 1. The molecule has 0 saturated carbocycles. The average molecular weight is 325 g/mol. The van der Waals surface area contributed by atoms with Crippen molar-refractivity contribution in [2.75, 3.05) is 6.54 Å². The Balaban J connectivity index is 2.54. The van der Waals surface area contributed by atoms with Crippen LogP contribution in [0.25, 0.3) is 0 Å². The molecule has 1 aromatic carbocycles. The molecule has 0 bridgehead atoms. The van der Waals surface area contributed by atoms with Gasteiger partial charge >= 0.3 is 0 Å². The molecule has 0 heterocycles. The molecule has 1 amide bonds. The highest BCUT2D eigenvalue weighted by Gasteiger charge is 2.18.